The normalized spacial score (nSPS) is 32.8. The second-order valence-corrected chi connectivity index (χ2v) is 9.55. The van der Waals surface area contributed by atoms with Crippen LogP contribution >= 0.6 is 0 Å². The lowest BCUT2D eigenvalue weighted by Crippen LogP contribution is -2.43. The van der Waals surface area contributed by atoms with E-state index in [1.54, 1.807) is 12.7 Å². The van der Waals surface area contributed by atoms with Crippen molar-refractivity contribution < 1.29 is 14.6 Å². The molecule has 2 aromatic rings. The first-order valence-electron chi connectivity index (χ1n) is 11.1. The maximum absolute atomic E-state index is 10.6. The number of aliphatic hydroxyl groups excluding tert-OH is 1. The highest BCUT2D eigenvalue weighted by molar-refractivity contribution is 5.41. The molecule has 5 rings (SSSR count). The Morgan fingerprint density at radius 2 is 1.79 bits per heavy atom. The molecular weight excluding hydrogens is 360 g/mol. The first kappa shape index (κ1) is 19.0. The molecule has 2 saturated carbocycles. The summed E-state index contributed by atoms with van der Waals surface area (Å²) in [5.41, 5.74) is 4.32. The van der Waals surface area contributed by atoms with E-state index in [9.17, 15) is 5.11 Å². The van der Waals surface area contributed by atoms with Crippen molar-refractivity contribution in [2.45, 2.75) is 64.1 Å². The van der Waals surface area contributed by atoms with E-state index in [-0.39, 0.29) is 11.5 Å². The first-order valence-corrected chi connectivity index (χ1v) is 11.1. The highest BCUT2D eigenvalue weighted by Crippen LogP contribution is 2.60. The molecule has 2 aromatic carbocycles. The summed E-state index contributed by atoms with van der Waals surface area (Å²) in [6, 6.07) is 14.8. The third kappa shape index (κ3) is 3.24. The van der Waals surface area contributed by atoms with Gasteiger partial charge in [-0.15, -0.1) is 0 Å². The zero-order valence-electron chi connectivity index (χ0n) is 17.6. The van der Waals surface area contributed by atoms with Gasteiger partial charge in [-0.05, 0) is 103 Å². The quantitative estimate of drug-likeness (QED) is 0.748. The van der Waals surface area contributed by atoms with E-state index in [2.05, 4.69) is 37.3 Å². The Kier molecular flexibility index (Phi) is 4.82. The van der Waals surface area contributed by atoms with E-state index in [1.165, 1.54) is 24.8 Å². The van der Waals surface area contributed by atoms with Gasteiger partial charge in [-0.1, -0.05) is 25.1 Å². The van der Waals surface area contributed by atoms with Crippen LogP contribution in [0.3, 0.4) is 0 Å². The first-order chi connectivity index (χ1) is 14.1. The van der Waals surface area contributed by atoms with E-state index in [0.717, 1.165) is 42.2 Å². The molecule has 0 saturated heterocycles. The molecule has 1 N–H and O–H groups in total. The van der Waals surface area contributed by atoms with Crippen LogP contribution in [0.1, 0.15) is 61.6 Å². The number of fused-ring (bicyclic) bond motifs is 5. The molecule has 0 spiro atoms. The number of rotatable bonds is 4. The van der Waals surface area contributed by atoms with Crippen molar-refractivity contribution in [3.8, 4) is 11.5 Å². The average molecular weight is 393 g/mol. The fourth-order valence-electron chi connectivity index (χ4n) is 6.51. The number of benzene rings is 2. The topological polar surface area (TPSA) is 38.7 Å². The molecule has 3 aliphatic rings. The molecule has 5 atom stereocenters. The molecule has 3 nitrogen and oxygen atoms in total. The maximum Gasteiger partial charge on any atom is 0.120 e. The van der Waals surface area contributed by atoms with Crippen molar-refractivity contribution in [1.29, 1.82) is 0 Å². The summed E-state index contributed by atoms with van der Waals surface area (Å²) in [4.78, 5) is 0. The van der Waals surface area contributed by atoms with Crippen molar-refractivity contribution in [2.24, 2.45) is 17.3 Å². The lowest BCUT2D eigenvalue weighted by Gasteiger charge is -2.50. The van der Waals surface area contributed by atoms with E-state index in [1.807, 2.05) is 12.1 Å². The van der Waals surface area contributed by atoms with Crippen LogP contribution in [0.15, 0.2) is 42.5 Å². The monoisotopic (exact) mass is 392 g/mol. The van der Waals surface area contributed by atoms with Crippen LogP contribution in [0.25, 0.3) is 0 Å². The van der Waals surface area contributed by atoms with Crippen LogP contribution < -0.4 is 9.47 Å². The van der Waals surface area contributed by atoms with Crippen LogP contribution in [0, 0.1) is 17.3 Å². The molecule has 0 amide bonds. The van der Waals surface area contributed by atoms with Crippen LogP contribution in [-0.2, 0) is 13.0 Å². The number of hydrogen-bond donors (Lipinski definition) is 1. The Balaban J connectivity index is 1.30. The smallest absolute Gasteiger partial charge is 0.120 e. The number of aryl methyl sites for hydroxylation is 1. The van der Waals surface area contributed by atoms with Gasteiger partial charge in [0.05, 0.1) is 13.2 Å². The van der Waals surface area contributed by atoms with Crippen LogP contribution in [0.2, 0.25) is 0 Å². The Morgan fingerprint density at radius 3 is 2.59 bits per heavy atom. The highest BCUT2D eigenvalue weighted by Gasteiger charge is 2.54. The summed E-state index contributed by atoms with van der Waals surface area (Å²) in [5, 5.41) is 10.6. The van der Waals surface area contributed by atoms with E-state index in [4.69, 9.17) is 9.47 Å². The van der Waals surface area contributed by atoms with Crippen molar-refractivity contribution in [1.82, 2.24) is 0 Å². The maximum atomic E-state index is 10.6. The number of ether oxygens (including phenoxy) is 2. The number of aliphatic hydroxyl groups is 1. The van der Waals surface area contributed by atoms with Gasteiger partial charge in [-0.2, -0.15) is 0 Å². The van der Waals surface area contributed by atoms with E-state index >= 15 is 0 Å². The predicted molar refractivity (Wildman–Crippen MR) is 114 cm³/mol. The zero-order valence-corrected chi connectivity index (χ0v) is 17.6. The number of methoxy groups -OCH3 is 1. The minimum absolute atomic E-state index is 0.0939. The fraction of sp³-hybridized carbons (Fsp3) is 0.538. The Bertz CT molecular complexity index is 874. The molecule has 3 heteroatoms. The summed E-state index contributed by atoms with van der Waals surface area (Å²) in [5.74, 6) is 3.93. The van der Waals surface area contributed by atoms with Crippen LogP contribution in [-0.4, -0.2) is 18.3 Å². The summed E-state index contributed by atoms with van der Waals surface area (Å²) in [6.45, 7) is 2.92. The molecule has 2 fully saturated rings. The lowest BCUT2D eigenvalue weighted by molar-refractivity contribution is -0.0226. The molecule has 0 radical (unpaired) electrons. The SMILES string of the molecule is COc1ccc(COc2ccc3c(c2)CC[C@@H]2[C@@H]3CC[C@]3(C)[C@@H](O)CC[C@@H]23)cc1. The summed E-state index contributed by atoms with van der Waals surface area (Å²) in [7, 11) is 1.69. The van der Waals surface area contributed by atoms with Crippen molar-refractivity contribution in [2.75, 3.05) is 7.11 Å². The van der Waals surface area contributed by atoms with Gasteiger partial charge in [0.25, 0.3) is 0 Å². The molecule has 154 valence electrons. The molecule has 3 aliphatic carbocycles. The van der Waals surface area contributed by atoms with Crippen molar-refractivity contribution in [3.63, 3.8) is 0 Å². The second-order valence-electron chi connectivity index (χ2n) is 9.55. The molecule has 0 unspecified atom stereocenters. The van der Waals surface area contributed by atoms with Gasteiger partial charge in [0.2, 0.25) is 0 Å². The summed E-state index contributed by atoms with van der Waals surface area (Å²) in [6.07, 6.45) is 6.88. The van der Waals surface area contributed by atoms with Crippen LogP contribution in [0.4, 0.5) is 0 Å². The highest BCUT2D eigenvalue weighted by atomic mass is 16.5. The zero-order chi connectivity index (χ0) is 20.0. The Hall–Kier alpha value is -2.00. The van der Waals surface area contributed by atoms with Gasteiger partial charge in [-0.25, -0.2) is 0 Å². The molecule has 0 heterocycles. The second kappa shape index (κ2) is 7.36. The summed E-state index contributed by atoms with van der Waals surface area (Å²) < 4.78 is 11.3. The van der Waals surface area contributed by atoms with Crippen molar-refractivity contribution in [3.05, 3.63) is 59.2 Å². The van der Waals surface area contributed by atoms with Gasteiger partial charge in [0, 0.05) is 0 Å². The average Bonchev–Trinajstić information content (AvgIpc) is 3.07. The van der Waals surface area contributed by atoms with Gasteiger partial charge in [0.1, 0.15) is 18.1 Å². The van der Waals surface area contributed by atoms with Gasteiger partial charge in [0.15, 0.2) is 0 Å². The molecular formula is C26H32O3. The third-order valence-corrected chi connectivity index (χ3v) is 8.21. The van der Waals surface area contributed by atoms with Gasteiger partial charge < -0.3 is 14.6 Å². The van der Waals surface area contributed by atoms with E-state index < -0.39 is 0 Å². The van der Waals surface area contributed by atoms with Gasteiger partial charge in [-0.3, -0.25) is 0 Å². The molecule has 0 bridgehead atoms. The molecule has 0 aliphatic heterocycles. The lowest BCUT2D eigenvalue weighted by atomic mass is 9.55. The predicted octanol–water partition coefficient (Wildman–Crippen LogP) is 5.49. The Labute approximate surface area is 174 Å². The summed E-state index contributed by atoms with van der Waals surface area (Å²) >= 11 is 0. The number of hydrogen-bond acceptors (Lipinski definition) is 3. The minimum Gasteiger partial charge on any atom is -0.497 e. The third-order valence-electron chi connectivity index (χ3n) is 8.21. The van der Waals surface area contributed by atoms with Gasteiger partial charge >= 0.3 is 0 Å². The van der Waals surface area contributed by atoms with E-state index in [0.29, 0.717) is 18.4 Å². The standard InChI is InChI=1S/C26H32O3/c1-26-14-13-22-21-10-8-20(29-16-17-3-6-19(28-2)7-4-17)15-18(21)5-9-23(22)24(26)11-12-25(26)27/h3-4,6-8,10,15,22-25,27H,5,9,11-14,16H2,1-2H3/t22-,23-,24+,25+,26+/m1/s1. The van der Waals surface area contributed by atoms with Crippen molar-refractivity contribution >= 4 is 0 Å². The van der Waals surface area contributed by atoms with Crippen LogP contribution in [0.5, 0.6) is 11.5 Å². The molecule has 0 aromatic heterocycles. The minimum atomic E-state index is -0.0939. The molecule has 29 heavy (non-hydrogen) atoms. The fourth-order valence-corrected chi connectivity index (χ4v) is 6.51. The largest absolute Gasteiger partial charge is 0.497 e. The Morgan fingerprint density at radius 1 is 1.00 bits per heavy atom.